The molecule has 0 bridgehead atoms. The first-order valence-corrected chi connectivity index (χ1v) is 13.9. The number of halogens is 2. The molecular formula is C25H33Cl2N3O4S. The molecule has 0 aliphatic carbocycles. The molecule has 0 saturated heterocycles. The highest BCUT2D eigenvalue weighted by atomic mass is 35.5. The Morgan fingerprint density at radius 1 is 1.00 bits per heavy atom. The number of carbonyl (C=O) groups excluding carboxylic acids is 2. The summed E-state index contributed by atoms with van der Waals surface area (Å²) in [7, 11) is -3.79. The maximum atomic E-state index is 13.7. The topological polar surface area (TPSA) is 86.8 Å². The van der Waals surface area contributed by atoms with Gasteiger partial charge in [0.1, 0.15) is 12.6 Å². The lowest BCUT2D eigenvalue weighted by Crippen LogP contribution is -2.53. The number of carbonyl (C=O) groups is 2. The van der Waals surface area contributed by atoms with Gasteiger partial charge in [0.15, 0.2) is 0 Å². The summed E-state index contributed by atoms with van der Waals surface area (Å²) in [6.07, 6.45) is 1.40. The molecular weight excluding hydrogens is 509 g/mol. The van der Waals surface area contributed by atoms with Crippen LogP contribution in [0.2, 0.25) is 10.0 Å². The molecule has 0 aliphatic heterocycles. The van der Waals surface area contributed by atoms with E-state index in [1.54, 1.807) is 37.3 Å². The molecule has 35 heavy (non-hydrogen) atoms. The van der Waals surface area contributed by atoms with Gasteiger partial charge in [0, 0.05) is 12.6 Å². The van der Waals surface area contributed by atoms with E-state index >= 15 is 0 Å². The third-order valence-electron chi connectivity index (χ3n) is 5.33. The molecule has 0 unspecified atom stereocenters. The van der Waals surface area contributed by atoms with Crippen LogP contribution in [0.15, 0.2) is 36.4 Å². The minimum absolute atomic E-state index is 0.0597. The van der Waals surface area contributed by atoms with Crippen LogP contribution in [0.25, 0.3) is 0 Å². The van der Waals surface area contributed by atoms with Crippen LogP contribution in [-0.2, 0) is 26.2 Å². The Bertz CT molecular complexity index is 1160. The Balaban J connectivity index is 2.50. The van der Waals surface area contributed by atoms with Crippen molar-refractivity contribution in [2.24, 2.45) is 0 Å². The van der Waals surface area contributed by atoms with Crippen molar-refractivity contribution in [3.05, 3.63) is 63.1 Å². The number of rotatable bonds is 10. The van der Waals surface area contributed by atoms with Crippen molar-refractivity contribution in [2.45, 2.75) is 59.7 Å². The Hall–Kier alpha value is -2.29. The Kier molecular flexibility index (Phi) is 10.0. The van der Waals surface area contributed by atoms with Crippen LogP contribution < -0.4 is 9.62 Å². The van der Waals surface area contributed by atoms with Crippen molar-refractivity contribution in [3.63, 3.8) is 0 Å². The van der Waals surface area contributed by atoms with Crippen LogP contribution in [-0.4, -0.2) is 50.0 Å². The van der Waals surface area contributed by atoms with Crippen molar-refractivity contribution in [1.82, 2.24) is 10.2 Å². The van der Waals surface area contributed by atoms with Crippen LogP contribution in [0, 0.1) is 13.8 Å². The second-order valence-electron chi connectivity index (χ2n) is 8.97. The second-order valence-corrected chi connectivity index (χ2v) is 11.7. The van der Waals surface area contributed by atoms with Gasteiger partial charge in [0.2, 0.25) is 21.8 Å². The van der Waals surface area contributed by atoms with E-state index in [4.69, 9.17) is 23.2 Å². The largest absolute Gasteiger partial charge is 0.352 e. The molecule has 1 atom stereocenters. The zero-order valence-electron chi connectivity index (χ0n) is 20.9. The summed E-state index contributed by atoms with van der Waals surface area (Å²) in [6, 6.07) is 9.40. The molecule has 0 aliphatic rings. The summed E-state index contributed by atoms with van der Waals surface area (Å²) in [5.41, 5.74) is 2.81. The zero-order chi connectivity index (χ0) is 26.5. The van der Waals surface area contributed by atoms with Gasteiger partial charge < -0.3 is 10.2 Å². The maximum absolute atomic E-state index is 13.7. The normalized spacial score (nSPS) is 12.4. The fraction of sp³-hybridized carbons (Fsp3) is 0.440. The minimum atomic E-state index is -3.79. The monoisotopic (exact) mass is 541 g/mol. The average Bonchev–Trinajstić information content (AvgIpc) is 2.72. The number of sulfonamides is 1. The first-order valence-electron chi connectivity index (χ1n) is 11.3. The number of aryl methyl sites for hydroxylation is 2. The highest BCUT2D eigenvalue weighted by Crippen LogP contribution is 2.25. The van der Waals surface area contributed by atoms with Gasteiger partial charge in [0.05, 0.1) is 22.0 Å². The number of amides is 2. The van der Waals surface area contributed by atoms with Crippen molar-refractivity contribution < 1.29 is 18.0 Å². The third-order valence-corrected chi connectivity index (χ3v) is 7.21. The Labute approximate surface area is 218 Å². The number of nitrogens with one attached hydrogen (secondary N) is 1. The molecule has 0 spiro atoms. The van der Waals surface area contributed by atoms with Crippen LogP contribution in [0.3, 0.4) is 0 Å². The summed E-state index contributed by atoms with van der Waals surface area (Å²) < 4.78 is 26.5. The fourth-order valence-corrected chi connectivity index (χ4v) is 5.00. The predicted molar refractivity (Wildman–Crippen MR) is 142 cm³/mol. The van der Waals surface area contributed by atoms with E-state index in [1.807, 2.05) is 33.8 Å². The zero-order valence-corrected chi connectivity index (χ0v) is 23.3. The molecule has 0 aromatic heterocycles. The molecule has 2 rings (SSSR count). The average molecular weight is 543 g/mol. The molecule has 1 N–H and O–H groups in total. The molecule has 0 saturated carbocycles. The number of hydrogen-bond donors (Lipinski definition) is 1. The van der Waals surface area contributed by atoms with E-state index in [1.165, 1.54) is 4.90 Å². The van der Waals surface area contributed by atoms with Gasteiger partial charge in [-0.05, 0) is 75.1 Å². The summed E-state index contributed by atoms with van der Waals surface area (Å²) in [6.45, 7) is 8.80. The van der Waals surface area contributed by atoms with Crippen molar-refractivity contribution in [2.75, 3.05) is 17.1 Å². The number of nitrogens with zero attached hydrogens (tertiary/aromatic N) is 2. The summed E-state index contributed by atoms with van der Waals surface area (Å²) >= 11 is 12.2. The van der Waals surface area contributed by atoms with Crippen LogP contribution >= 0.6 is 23.2 Å². The van der Waals surface area contributed by atoms with Gasteiger partial charge in [0.25, 0.3) is 0 Å². The molecule has 192 valence electrons. The smallest absolute Gasteiger partial charge is 0.244 e. The first-order chi connectivity index (χ1) is 16.2. The predicted octanol–water partition coefficient (Wildman–Crippen LogP) is 4.71. The fourth-order valence-electron chi connectivity index (χ4n) is 3.84. The van der Waals surface area contributed by atoms with E-state index in [9.17, 15) is 18.0 Å². The molecule has 2 amide bonds. The molecule has 0 heterocycles. The van der Waals surface area contributed by atoms with Crippen molar-refractivity contribution >= 4 is 50.7 Å². The van der Waals surface area contributed by atoms with E-state index in [2.05, 4.69) is 5.32 Å². The van der Waals surface area contributed by atoms with E-state index in [-0.39, 0.29) is 18.5 Å². The summed E-state index contributed by atoms with van der Waals surface area (Å²) in [5.74, 6) is -0.820. The van der Waals surface area contributed by atoms with Gasteiger partial charge in [-0.25, -0.2) is 8.42 Å². The Morgan fingerprint density at radius 2 is 1.60 bits per heavy atom. The molecule has 2 aromatic rings. The number of hydrogen-bond acceptors (Lipinski definition) is 4. The van der Waals surface area contributed by atoms with E-state index in [0.29, 0.717) is 27.7 Å². The number of anilines is 1. The van der Waals surface area contributed by atoms with Crippen LogP contribution in [0.5, 0.6) is 0 Å². The summed E-state index contributed by atoms with van der Waals surface area (Å²) in [5, 5.41) is 3.55. The Morgan fingerprint density at radius 3 is 2.09 bits per heavy atom. The molecule has 0 fully saturated rings. The van der Waals surface area contributed by atoms with Crippen LogP contribution in [0.1, 0.15) is 43.9 Å². The van der Waals surface area contributed by atoms with Gasteiger partial charge in [-0.2, -0.15) is 0 Å². The first kappa shape index (κ1) is 28.9. The lowest BCUT2D eigenvalue weighted by Gasteiger charge is -2.33. The quantitative estimate of drug-likeness (QED) is 0.471. The molecule has 0 radical (unpaired) electrons. The van der Waals surface area contributed by atoms with Gasteiger partial charge in [-0.15, -0.1) is 0 Å². The van der Waals surface area contributed by atoms with Crippen molar-refractivity contribution in [3.8, 4) is 0 Å². The van der Waals surface area contributed by atoms with Crippen LogP contribution in [0.4, 0.5) is 5.69 Å². The number of benzene rings is 2. The third kappa shape index (κ3) is 8.12. The highest BCUT2D eigenvalue weighted by molar-refractivity contribution is 7.92. The summed E-state index contributed by atoms with van der Waals surface area (Å²) in [4.78, 5) is 28.1. The van der Waals surface area contributed by atoms with Gasteiger partial charge in [-0.3, -0.25) is 13.9 Å². The van der Waals surface area contributed by atoms with E-state index in [0.717, 1.165) is 21.7 Å². The molecule has 10 heteroatoms. The standard InChI is InChI=1S/C25H33Cl2N3O4S/c1-7-23(25(32)28-16(2)3)29(14-19-8-9-21(26)22(27)13-19)24(31)15-30(35(6,33)34)20-11-17(4)10-18(5)12-20/h8-13,16,23H,7,14-15H2,1-6H3,(H,28,32)/t23-/m1/s1. The van der Waals surface area contributed by atoms with Gasteiger partial charge in [-0.1, -0.05) is 42.3 Å². The lowest BCUT2D eigenvalue weighted by atomic mass is 10.1. The SMILES string of the molecule is CC[C@H](C(=O)NC(C)C)N(Cc1ccc(Cl)c(Cl)c1)C(=O)CN(c1cc(C)cc(C)c1)S(C)(=O)=O. The molecule has 7 nitrogen and oxygen atoms in total. The van der Waals surface area contributed by atoms with E-state index < -0.39 is 28.5 Å². The second kappa shape index (κ2) is 12.1. The van der Waals surface area contributed by atoms with Gasteiger partial charge >= 0.3 is 0 Å². The highest BCUT2D eigenvalue weighted by Gasteiger charge is 2.32. The maximum Gasteiger partial charge on any atom is 0.244 e. The molecule has 2 aromatic carbocycles. The lowest BCUT2D eigenvalue weighted by molar-refractivity contribution is -0.140. The van der Waals surface area contributed by atoms with Crippen molar-refractivity contribution in [1.29, 1.82) is 0 Å². The minimum Gasteiger partial charge on any atom is -0.352 e.